The number of halogens is 1. The molecule has 5 nitrogen and oxygen atoms in total. The minimum absolute atomic E-state index is 0.0889. The smallest absolute Gasteiger partial charge is 0.266 e. The largest absolute Gasteiger partial charge is 0.326 e. The second-order valence-electron chi connectivity index (χ2n) is 2.65. The van der Waals surface area contributed by atoms with Gasteiger partial charge in [-0.2, -0.15) is 0 Å². The van der Waals surface area contributed by atoms with Crippen LogP contribution in [0.25, 0.3) is 0 Å². The van der Waals surface area contributed by atoms with Crippen LogP contribution in [0.3, 0.4) is 0 Å². The van der Waals surface area contributed by atoms with E-state index in [1.165, 1.54) is 6.08 Å². The highest BCUT2D eigenvalue weighted by Crippen LogP contribution is 2.09. The van der Waals surface area contributed by atoms with Crippen molar-refractivity contribution < 1.29 is 8.42 Å². The van der Waals surface area contributed by atoms with E-state index in [4.69, 9.17) is 11.6 Å². The maximum atomic E-state index is 11.5. The number of aromatic amines is 1. The molecule has 0 aromatic carbocycles. The first-order valence-electron chi connectivity index (χ1n) is 3.96. The molecule has 0 unspecified atom stereocenters. The maximum absolute atomic E-state index is 11.5. The first kappa shape index (κ1) is 12.0. The van der Waals surface area contributed by atoms with Crippen LogP contribution in [0, 0.1) is 0 Å². The Labute approximate surface area is 91.8 Å². The van der Waals surface area contributed by atoms with Gasteiger partial charge in [-0.15, -0.1) is 6.58 Å². The molecule has 0 saturated heterocycles. The van der Waals surface area contributed by atoms with E-state index < -0.39 is 15.6 Å². The summed E-state index contributed by atoms with van der Waals surface area (Å²) >= 11 is 5.50. The molecule has 0 bridgehead atoms. The molecule has 0 aliphatic heterocycles. The fourth-order valence-electron chi connectivity index (χ4n) is 0.845. The van der Waals surface area contributed by atoms with E-state index in [2.05, 4.69) is 16.3 Å². The van der Waals surface area contributed by atoms with Crippen molar-refractivity contribution in [1.82, 2.24) is 9.71 Å². The zero-order valence-electron chi connectivity index (χ0n) is 7.66. The summed E-state index contributed by atoms with van der Waals surface area (Å²) in [5.74, 6) is 0. The van der Waals surface area contributed by atoms with E-state index in [0.29, 0.717) is 0 Å². The predicted molar refractivity (Wildman–Crippen MR) is 57.5 cm³/mol. The number of H-pyrrole nitrogens is 1. The van der Waals surface area contributed by atoms with Gasteiger partial charge in [0.25, 0.3) is 5.56 Å². The fraction of sp³-hybridized carbons (Fsp3) is 0.125. The van der Waals surface area contributed by atoms with E-state index in [-0.39, 0.29) is 16.5 Å². The van der Waals surface area contributed by atoms with Crippen LogP contribution in [-0.4, -0.2) is 19.9 Å². The van der Waals surface area contributed by atoms with Crippen LogP contribution in [-0.2, 0) is 10.0 Å². The van der Waals surface area contributed by atoms with Crippen molar-refractivity contribution in [3.8, 4) is 0 Å². The van der Waals surface area contributed by atoms with E-state index in [9.17, 15) is 13.2 Å². The summed E-state index contributed by atoms with van der Waals surface area (Å²) in [5.41, 5.74) is -0.528. The number of pyridine rings is 1. The Bertz CT molecular complexity index is 521. The monoisotopic (exact) mass is 248 g/mol. The molecule has 0 spiro atoms. The minimum atomic E-state index is -3.64. The SMILES string of the molecule is C=CCNS(=O)(=O)c1c[nH]c(=O)c(Cl)c1. The number of rotatable bonds is 4. The van der Waals surface area contributed by atoms with Gasteiger partial charge in [0.1, 0.15) is 5.02 Å². The van der Waals surface area contributed by atoms with Crippen LogP contribution in [0.15, 0.2) is 34.6 Å². The van der Waals surface area contributed by atoms with Crippen LogP contribution >= 0.6 is 11.6 Å². The molecule has 0 saturated carbocycles. The van der Waals surface area contributed by atoms with Gasteiger partial charge in [0, 0.05) is 12.7 Å². The third-order valence-corrected chi connectivity index (χ3v) is 3.24. The third kappa shape index (κ3) is 2.92. The summed E-state index contributed by atoms with van der Waals surface area (Å²) in [6.45, 7) is 3.49. The van der Waals surface area contributed by atoms with Crippen molar-refractivity contribution in [1.29, 1.82) is 0 Å². The van der Waals surface area contributed by atoms with E-state index in [0.717, 1.165) is 12.3 Å². The average molecular weight is 249 g/mol. The summed E-state index contributed by atoms with van der Waals surface area (Å²) in [6, 6.07) is 1.09. The third-order valence-electron chi connectivity index (χ3n) is 1.56. The Morgan fingerprint density at radius 2 is 2.27 bits per heavy atom. The Morgan fingerprint density at radius 1 is 1.60 bits per heavy atom. The highest BCUT2D eigenvalue weighted by atomic mass is 35.5. The number of aromatic nitrogens is 1. The molecule has 15 heavy (non-hydrogen) atoms. The van der Waals surface area contributed by atoms with Gasteiger partial charge in [-0.25, -0.2) is 13.1 Å². The Kier molecular flexibility index (Phi) is 3.67. The maximum Gasteiger partial charge on any atom is 0.266 e. The topological polar surface area (TPSA) is 79.0 Å². The molecule has 1 aromatic heterocycles. The minimum Gasteiger partial charge on any atom is -0.326 e. The molecule has 0 aliphatic rings. The van der Waals surface area contributed by atoms with Crippen molar-refractivity contribution in [3.63, 3.8) is 0 Å². The van der Waals surface area contributed by atoms with Crippen LogP contribution in [0.1, 0.15) is 0 Å². The zero-order valence-corrected chi connectivity index (χ0v) is 9.23. The van der Waals surface area contributed by atoms with Crippen molar-refractivity contribution in [2.75, 3.05) is 6.54 Å². The van der Waals surface area contributed by atoms with Crippen molar-refractivity contribution in [2.24, 2.45) is 0 Å². The molecule has 1 aromatic rings. The second-order valence-corrected chi connectivity index (χ2v) is 4.83. The van der Waals surface area contributed by atoms with Crippen LogP contribution in [0.4, 0.5) is 0 Å². The number of hydrogen-bond donors (Lipinski definition) is 2. The summed E-state index contributed by atoms with van der Waals surface area (Å²) < 4.78 is 25.3. The lowest BCUT2D eigenvalue weighted by Crippen LogP contribution is -2.24. The van der Waals surface area contributed by atoms with Gasteiger partial charge in [0.05, 0.1) is 4.90 Å². The molecule has 1 heterocycles. The van der Waals surface area contributed by atoms with Crippen LogP contribution in [0.5, 0.6) is 0 Å². The van der Waals surface area contributed by atoms with Gasteiger partial charge >= 0.3 is 0 Å². The molecule has 2 N–H and O–H groups in total. The van der Waals surface area contributed by atoms with Gasteiger partial charge in [-0.3, -0.25) is 4.79 Å². The average Bonchev–Trinajstić information content (AvgIpc) is 2.19. The summed E-state index contributed by atoms with van der Waals surface area (Å²) in [5, 5.41) is -0.170. The van der Waals surface area contributed by atoms with Crippen LogP contribution < -0.4 is 10.3 Å². The standard InChI is InChI=1S/C8H9ClN2O3S/c1-2-3-11-15(13,14)6-4-7(9)8(12)10-5-6/h2,4-5,11H,1,3H2,(H,10,12). The summed E-state index contributed by atoms with van der Waals surface area (Å²) in [6.07, 6.45) is 2.49. The molecular formula is C8H9ClN2O3S. The summed E-state index contributed by atoms with van der Waals surface area (Å²) in [7, 11) is -3.64. The summed E-state index contributed by atoms with van der Waals surface area (Å²) in [4.78, 5) is 13.0. The Balaban J connectivity index is 3.11. The highest BCUT2D eigenvalue weighted by Gasteiger charge is 2.14. The van der Waals surface area contributed by atoms with Gasteiger partial charge in [0.15, 0.2) is 0 Å². The molecule has 7 heteroatoms. The van der Waals surface area contributed by atoms with Crippen molar-refractivity contribution in [2.45, 2.75) is 4.90 Å². The van der Waals surface area contributed by atoms with Gasteiger partial charge in [0.2, 0.25) is 10.0 Å². The van der Waals surface area contributed by atoms with Gasteiger partial charge in [-0.1, -0.05) is 17.7 Å². The molecule has 0 atom stereocenters. The molecular weight excluding hydrogens is 240 g/mol. The van der Waals surface area contributed by atoms with Gasteiger partial charge in [-0.05, 0) is 6.07 Å². The quantitative estimate of drug-likeness (QED) is 0.762. The molecule has 0 aliphatic carbocycles. The van der Waals surface area contributed by atoms with E-state index >= 15 is 0 Å². The highest BCUT2D eigenvalue weighted by molar-refractivity contribution is 7.89. The Morgan fingerprint density at radius 3 is 2.80 bits per heavy atom. The van der Waals surface area contributed by atoms with E-state index in [1.54, 1.807) is 0 Å². The molecule has 1 rings (SSSR count). The lowest BCUT2D eigenvalue weighted by Gasteiger charge is -2.03. The second kappa shape index (κ2) is 4.61. The molecule has 0 radical (unpaired) electrons. The normalized spacial score (nSPS) is 11.3. The van der Waals surface area contributed by atoms with Gasteiger partial charge < -0.3 is 4.98 Å². The fourth-order valence-corrected chi connectivity index (χ4v) is 2.07. The van der Waals surface area contributed by atoms with E-state index in [1.807, 2.05) is 0 Å². The van der Waals surface area contributed by atoms with Crippen molar-refractivity contribution >= 4 is 21.6 Å². The first-order valence-corrected chi connectivity index (χ1v) is 5.82. The van der Waals surface area contributed by atoms with Crippen LogP contribution in [0.2, 0.25) is 5.02 Å². The molecule has 0 fully saturated rings. The molecule has 0 amide bonds. The zero-order chi connectivity index (χ0) is 11.5. The number of hydrogen-bond acceptors (Lipinski definition) is 3. The van der Waals surface area contributed by atoms with Crippen molar-refractivity contribution in [3.05, 3.63) is 40.3 Å². The number of nitrogens with one attached hydrogen (secondary N) is 2. The molecule has 82 valence electrons. The predicted octanol–water partition coefficient (Wildman–Crippen LogP) is 0.493. The number of sulfonamides is 1. The Hall–Kier alpha value is -1.11. The lowest BCUT2D eigenvalue weighted by atomic mass is 10.5. The lowest BCUT2D eigenvalue weighted by molar-refractivity contribution is 0.585. The first-order chi connectivity index (χ1) is 6.97.